The molecular formula is C22H20N2O4S. The van der Waals surface area contributed by atoms with Gasteiger partial charge in [0.2, 0.25) is 10.0 Å². The van der Waals surface area contributed by atoms with Crippen LogP contribution in [0, 0.1) is 0 Å². The molecular weight excluding hydrogens is 388 g/mol. The topological polar surface area (TPSA) is 75.7 Å². The van der Waals surface area contributed by atoms with Gasteiger partial charge in [0, 0.05) is 11.3 Å². The van der Waals surface area contributed by atoms with E-state index in [1.807, 2.05) is 54.6 Å². The van der Waals surface area contributed by atoms with Crippen molar-refractivity contribution < 1.29 is 17.9 Å². The number of sulfonamides is 1. The summed E-state index contributed by atoms with van der Waals surface area (Å²) in [5.74, 6) is -0.0443. The van der Waals surface area contributed by atoms with E-state index in [1.54, 1.807) is 24.3 Å². The Balaban J connectivity index is 1.62. The van der Waals surface area contributed by atoms with Crippen LogP contribution in [-0.4, -0.2) is 33.2 Å². The van der Waals surface area contributed by atoms with E-state index in [2.05, 4.69) is 5.32 Å². The highest BCUT2D eigenvalue weighted by Gasteiger charge is 2.35. The Morgan fingerprint density at radius 3 is 2.38 bits per heavy atom. The first-order valence-electron chi connectivity index (χ1n) is 9.12. The zero-order valence-electron chi connectivity index (χ0n) is 15.8. The van der Waals surface area contributed by atoms with Crippen LogP contribution < -0.4 is 14.4 Å². The molecule has 0 spiro atoms. The molecule has 1 aliphatic rings. The van der Waals surface area contributed by atoms with Crippen molar-refractivity contribution in [3.05, 3.63) is 78.9 Å². The SMILES string of the molecule is CS(=O)(=O)N1C[C@@H](C(=O)Nc2ccccc2-c2ccccc2)Oc2ccccc21. The molecule has 0 bridgehead atoms. The van der Waals surface area contributed by atoms with Crippen molar-refractivity contribution in [3.8, 4) is 16.9 Å². The molecule has 29 heavy (non-hydrogen) atoms. The van der Waals surface area contributed by atoms with E-state index < -0.39 is 22.0 Å². The van der Waals surface area contributed by atoms with Crippen LogP contribution in [0.25, 0.3) is 11.1 Å². The molecule has 1 aliphatic heterocycles. The fourth-order valence-corrected chi connectivity index (χ4v) is 4.24. The number of amides is 1. The van der Waals surface area contributed by atoms with Crippen LogP contribution in [0.3, 0.4) is 0 Å². The average Bonchev–Trinajstić information content (AvgIpc) is 2.73. The largest absolute Gasteiger partial charge is 0.476 e. The van der Waals surface area contributed by atoms with E-state index in [-0.39, 0.29) is 6.54 Å². The lowest BCUT2D eigenvalue weighted by Crippen LogP contribution is -2.48. The predicted octanol–water partition coefficient (Wildman–Crippen LogP) is 3.52. The van der Waals surface area contributed by atoms with Crippen LogP contribution in [0.4, 0.5) is 11.4 Å². The zero-order chi connectivity index (χ0) is 20.4. The summed E-state index contributed by atoms with van der Waals surface area (Å²) < 4.78 is 31.5. The van der Waals surface area contributed by atoms with Crippen LogP contribution in [0.15, 0.2) is 78.9 Å². The number of ether oxygens (including phenoxy) is 1. The van der Waals surface area contributed by atoms with Crippen LogP contribution in [0.1, 0.15) is 0 Å². The van der Waals surface area contributed by atoms with Crippen molar-refractivity contribution in [1.29, 1.82) is 0 Å². The third-order valence-electron chi connectivity index (χ3n) is 4.70. The van der Waals surface area contributed by atoms with Crippen molar-refractivity contribution in [2.24, 2.45) is 0 Å². The Hall–Kier alpha value is -3.32. The summed E-state index contributed by atoms with van der Waals surface area (Å²) in [6.45, 7) is -0.0881. The highest BCUT2D eigenvalue weighted by molar-refractivity contribution is 7.92. The molecule has 1 heterocycles. The number of benzene rings is 3. The first kappa shape index (κ1) is 19.0. The standard InChI is InChI=1S/C22H20N2O4S/c1-29(26,27)24-15-21(28-20-14-8-7-13-19(20)24)22(25)23-18-12-6-5-11-17(18)16-9-3-2-4-10-16/h2-14,21H,15H2,1H3,(H,23,25)/t21-/m0/s1. The molecule has 0 saturated carbocycles. The van der Waals surface area contributed by atoms with E-state index in [9.17, 15) is 13.2 Å². The van der Waals surface area contributed by atoms with Gasteiger partial charge in [-0.1, -0.05) is 60.7 Å². The minimum Gasteiger partial charge on any atom is -0.476 e. The summed E-state index contributed by atoms with van der Waals surface area (Å²) in [7, 11) is -3.56. The van der Waals surface area contributed by atoms with Gasteiger partial charge in [-0.15, -0.1) is 0 Å². The van der Waals surface area contributed by atoms with Gasteiger partial charge in [-0.3, -0.25) is 9.10 Å². The molecule has 3 aromatic carbocycles. The molecule has 0 aliphatic carbocycles. The average molecular weight is 408 g/mol. The van der Waals surface area contributed by atoms with Gasteiger partial charge >= 0.3 is 0 Å². The molecule has 7 heteroatoms. The highest BCUT2D eigenvalue weighted by atomic mass is 32.2. The number of carbonyl (C=O) groups excluding carboxylic acids is 1. The number of fused-ring (bicyclic) bond motifs is 1. The minimum atomic E-state index is -3.56. The Bertz CT molecular complexity index is 1150. The zero-order valence-corrected chi connectivity index (χ0v) is 16.6. The second kappa shape index (κ2) is 7.60. The Morgan fingerprint density at radius 1 is 0.966 bits per heavy atom. The molecule has 1 atom stereocenters. The van der Waals surface area contributed by atoms with Crippen molar-refractivity contribution in [2.75, 3.05) is 22.4 Å². The summed E-state index contributed by atoms with van der Waals surface area (Å²) in [6, 6.07) is 24.0. The highest BCUT2D eigenvalue weighted by Crippen LogP contribution is 2.35. The molecule has 0 fully saturated rings. The van der Waals surface area contributed by atoms with Gasteiger partial charge in [0.25, 0.3) is 5.91 Å². The summed E-state index contributed by atoms with van der Waals surface area (Å²) in [5, 5.41) is 2.90. The molecule has 1 N–H and O–H groups in total. The lowest BCUT2D eigenvalue weighted by atomic mass is 10.0. The summed E-state index contributed by atoms with van der Waals surface area (Å²) in [4.78, 5) is 13.0. The Labute approximate surface area is 169 Å². The van der Waals surface area contributed by atoms with E-state index in [1.165, 1.54) is 4.31 Å². The maximum atomic E-state index is 13.0. The van der Waals surface area contributed by atoms with Crippen molar-refractivity contribution in [1.82, 2.24) is 0 Å². The van der Waals surface area contributed by atoms with Gasteiger partial charge < -0.3 is 10.1 Å². The molecule has 0 unspecified atom stereocenters. The maximum Gasteiger partial charge on any atom is 0.267 e. The van der Waals surface area contributed by atoms with Crippen molar-refractivity contribution in [3.63, 3.8) is 0 Å². The molecule has 6 nitrogen and oxygen atoms in total. The Morgan fingerprint density at radius 2 is 1.62 bits per heavy atom. The normalized spacial score (nSPS) is 15.9. The molecule has 0 saturated heterocycles. The smallest absolute Gasteiger partial charge is 0.267 e. The number of nitrogens with zero attached hydrogens (tertiary/aromatic N) is 1. The third kappa shape index (κ3) is 3.95. The first-order valence-corrected chi connectivity index (χ1v) is 11.0. The molecule has 1 amide bonds. The second-order valence-electron chi connectivity index (χ2n) is 6.77. The van der Waals surface area contributed by atoms with Crippen LogP contribution in [0.2, 0.25) is 0 Å². The van der Waals surface area contributed by atoms with Crippen LogP contribution in [-0.2, 0) is 14.8 Å². The molecule has 0 aromatic heterocycles. The summed E-state index contributed by atoms with van der Waals surface area (Å²) in [5.41, 5.74) is 2.91. The first-order chi connectivity index (χ1) is 13.9. The third-order valence-corrected chi connectivity index (χ3v) is 5.84. The lowest BCUT2D eigenvalue weighted by Gasteiger charge is -2.33. The van der Waals surface area contributed by atoms with E-state index in [0.29, 0.717) is 17.1 Å². The predicted molar refractivity (Wildman–Crippen MR) is 114 cm³/mol. The number of anilines is 2. The number of para-hydroxylation sites is 3. The van der Waals surface area contributed by atoms with Gasteiger partial charge in [0.1, 0.15) is 5.75 Å². The minimum absolute atomic E-state index is 0.0881. The fourth-order valence-electron chi connectivity index (χ4n) is 3.33. The van der Waals surface area contributed by atoms with Gasteiger partial charge in [0.05, 0.1) is 18.5 Å². The second-order valence-corrected chi connectivity index (χ2v) is 8.68. The van der Waals surface area contributed by atoms with Crippen LogP contribution in [0.5, 0.6) is 5.75 Å². The van der Waals surface area contributed by atoms with E-state index >= 15 is 0 Å². The van der Waals surface area contributed by atoms with Crippen molar-refractivity contribution >= 4 is 27.3 Å². The number of carbonyl (C=O) groups is 1. The maximum absolute atomic E-state index is 13.0. The van der Waals surface area contributed by atoms with E-state index in [4.69, 9.17) is 4.74 Å². The van der Waals surface area contributed by atoms with Crippen LogP contribution >= 0.6 is 0 Å². The van der Waals surface area contributed by atoms with Gasteiger partial charge in [0.15, 0.2) is 6.10 Å². The molecule has 3 aromatic rings. The number of rotatable bonds is 4. The number of nitrogens with one attached hydrogen (secondary N) is 1. The number of hydrogen-bond donors (Lipinski definition) is 1. The molecule has 4 rings (SSSR count). The van der Waals surface area contributed by atoms with E-state index in [0.717, 1.165) is 17.4 Å². The monoisotopic (exact) mass is 408 g/mol. The molecule has 148 valence electrons. The fraction of sp³-hybridized carbons (Fsp3) is 0.136. The molecule has 0 radical (unpaired) electrons. The van der Waals surface area contributed by atoms with Crippen molar-refractivity contribution in [2.45, 2.75) is 6.10 Å². The van der Waals surface area contributed by atoms with Gasteiger partial charge in [-0.25, -0.2) is 8.42 Å². The van der Waals surface area contributed by atoms with Gasteiger partial charge in [-0.2, -0.15) is 0 Å². The van der Waals surface area contributed by atoms with Gasteiger partial charge in [-0.05, 0) is 23.8 Å². The quantitative estimate of drug-likeness (QED) is 0.717. The lowest BCUT2D eigenvalue weighted by molar-refractivity contribution is -0.122. The Kier molecular flexibility index (Phi) is 4.98. The summed E-state index contributed by atoms with van der Waals surface area (Å²) in [6.07, 6.45) is 0.151. The summed E-state index contributed by atoms with van der Waals surface area (Å²) >= 11 is 0. The number of hydrogen-bond acceptors (Lipinski definition) is 4.